The highest BCUT2D eigenvalue weighted by atomic mass is 19.3. The lowest BCUT2D eigenvalue weighted by Gasteiger charge is -2.32. The van der Waals surface area contributed by atoms with Crippen molar-refractivity contribution < 1.29 is 13.5 Å². The first-order chi connectivity index (χ1) is 9.75. The number of aromatic nitrogens is 4. The first kappa shape index (κ1) is 12.9. The summed E-state index contributed by atoms with van der Waals surface area (Å²) in [6.45, 7) is 0.790. The van der Waals surface area contributed by atoms with Crippen molar-refractivity contribution in [2.75, 3.05) is 24.6 Å². The molecule has 0 spiro atoms. The first-order valence-corrected chi connectivity index (χ1v) is 6.24. The molecule has 1 aromatic carbocycles. The molecule has 1 saturated heterocycles. The third-order valence-corrected chi connectivity index (χ3v) is 3.11. The van der Waals surface area contributed by atoms with Gasteiger partial charge in [0, 0.05) is 6.54 Å². The summed E-state index contributed by atoms with van der Waals surface area (Å²) in [6, 6.07) is 9.31. The molecule has 0 saturated carbocycles. The molecule has 0 N–H and O–H groups in total. The van der Waals surface area contributed by atoms with E-state index in [-0.39, 0.29) is 13.2 Å². The third-order valence-electron chi connectivity index (χ3n) is 3.11. The SMILES string of the molecule is FC(F)[C@@H]1CN(c2nnnn2-c2ccccc2)CCO1. The number of alkyl halides is 2. The molecule has 0 amide bonds. The Balaban J connectivity index is 1.86. The molecule has 2 aromatic rings. The highest BCUT2D eigenvalue weighted by Gasteiger charge is 2.30. The van der Waals surface area contributed by atoms with Crippen LogP contribution in [0.2, 0.25) is 0 Å². The zero-order chi connectivity index (χ0) is 13.9. The molecule has 20 heavy (non-hydrogen) atoms. The maximum Gasteiger partial charge on any atom is 0.266 e. The van der Waals surface area contributed by atoms with Crippen LogP contribution in [0.15, 0.2) is 30.3 Å². The van der Waals surface area contributed by atoms with Crippen molar-refractivity contribution in [2.45, 2.75) is 12.5 Å². The number of hydrogen-bond donors (Lipinski definition) is 0. The quantitative estimate of drug-likeness (QED) is 0.844. The Hall–Kier alpha value is -2.09. The van der Waals surface area contributed by atoms with Crippen molar-refractivity contribution in [3.05, 3.63) is 30.3 Å². The van der Waals surface area contributed by atoms with Gasteiger partial charge in [0.2, 0.25) is 0 Å². The van der Waals surface area contributed by atoms with Crippen LogP contribution in [0.25, 0.3) is 5.69 Å². The van der Waals surface area contributed by atoms with Gasteiger partial charge >= 0.3 is 0 Å². The average Bonchev–Trinajstić information content (AvgIpc) is 2.98. The smallest absolute Gasteiger partial charge is 0.266 e. The fourth-order valence-electron chi connectivity index (χ4n) is 2.13. The van der Waals surface area contributed by atoms with Gasteiger partial charge in [-0.2, -0.15) is 4.68 Å². The van der Waals surface area contributed by atoms with Crippen molar-refractivity contribution in [3.63, 3.8) is 0 Å². The second kappa shape index (κ2) is 5.49. The van der Waals surface area contributed by atoms with Gasteiger partial charge in [-0.05, 0) is 22.6 Å². The summed E-state index contributed by atoms with van der Waals surface area (Å²) in [7, 11) is 0. The van der Waals surface area contributed by atoms with Gasteiger partial charge in [0.25, 0.3) is 12.4 Å². The molecule has 0 aliphatic carbocycles. The van der Waals surface area contributed by atoms with Crippen LogP contribution in [0.4, 0.5) is 14.7 Å². The number of benzene rings is 1. The standard InChI is InChI=1S/C12H13F2N5O/c13-11(14)10-8-18(6-7-20-10)12-15-16-17-19(12)9-4-2-1-3-5-9/h1-5,10-11H,6-8H2/t10-/m0/s1. The molecule has 1 aliphatic heterocycles. The van der Waals surface area contributed by atoms with E-state index in [4.69, 9.17) is 4.74 Å². The van der Waals surface area contributed by atoms with Crippen LogP contribution in [-0.4, -0.2) is 52.4 Å². The normalized spacial score (nSPS) is 19.6. The summed E-state index contributed by atoms with van der Waals surface area (Å²) in [4.78, 5) is 1.72. The number of nitrogens with zero attached hydrogens (tertiary/aromatic N) is 5. The van der Waals surface area contributed by atoms with E-state index in [2.05, 4.69) is 15.5 Å². The van der Waals surface area contributed by atoms with Crippen molar-refractivity contribution in [1.29, 1.82) is 0 Å². The molecule has 8 heteroatoms. The Morgan fingerprint density at radius 1 is 1.25 bits per heavy atom. The van der Waals surface area contributed by atoms with Crippen LogP contribution in [0, 0.1) is 0 Å². The van der Waals surface area contributed by atoms with Crippen LogP contribution in [0.3, 0.4) is 0 Å². The number of morpholine rings is 1. The van der Waals surface area contributed by atoms with E-state index in [1.165, 1.54) is 4.68 Å². The molecule has 6 nitrogen and oxygen atoms in total. The number of rotatable bonds is 3. The van der Waals surface area contributed by atoms with Crippen LogP contribution >= 0.6 is 0 Å². The third kappa shape index (κ3) is 2.46. The van der Waals surface area contributed by atoms with Gasteiger partial charge in [0.05, 0.1) is 18.8 Å². The van der Waals surface area contributed by atoms with Crippen molar-refractivity contribution in [2.24, 2.45) is 0 Å². The Morgan fingerprint density at radius 3 is 2.80 bits per heavy atom. The van der Waals surface area contributed by atoms with Gasteiger partial charge < -0.3 is 9.64 Å². The Labute approximate surface area is 113 Å². The first-order valence-electron chi connectivity index (χ1n) is 6.24. The minimum atomic E-state index is -2.51. The molecule has 0 bridgehead atoms. The lowest BCUT2D eigenvalue weighted by molar-refractivity contribution is -0.0617. The van der Waals surface area contributed by atoms with E-state index >= 15 is 0 Å². The van der Waals surface area contributed by atoms with Gasteiger partial charge in [-0.15, -0.1) is 0 Å². The lowest BCUT2D eigenvalue weighted by atomic mass is 10.3. The van der Waals surface area contributed by atoms with Crippen LogP contribution in [0.5, 0.6) is 0 Å². The highest BCUT2D eigenvalue weighted by Crippen LogP contribution is 2.20. The molecule has 106 valence electrons. The molecule has 0 unspecified atom stereocenters. The highest BCUT2D eigenvalue weighted by molar-refractivity contribution is 5.40. The number of anilines is 1. The average molecular weight is 281 g/mol. The molecule has 1 fully saturated rings. The predicted molar refractivity (Wildman–Crippen MR) is 67.1 cm³/mol. The zero-order valence-electron chi connectivity index (χ0n) is 10.6. The van der Waals surface area contributed by atoms with Crippen LogP contribution < -0.4 is 4.90 Å². The monoisotopic (exact) mass is 281 g/mol. The number of halogens is 2. The van der Waals surface area contributed by atoms with Gasteiger partial charge in [0.1, 0.15) is 6.10 Å². The molecule has 1 atom stereocenters. The molecule has 1 aromatic heterocycles. The molecule has 2 heterocycles. The van der Waals surface area contributed by atoms with Gasteiger partial charge in [-0.3, -0.25) is 0 Å². The Bertz CT molecular complexity index is 562. The summed E-state index contributed by atoms with van der Waals surface area (Å²) in [5, 5.41) is 11.5. The molecule has 3 rings (SSSR count). The second-order valence-corrected chi connectivity index (χ2v) is 4.42. The van der Waals surface area contributed by atoms with E-state index in [0.717, 1.165) is 5.69 Å². The summed E-state index contributed by atoms with van der Waals surface area (Å²) in [5.74, 6) is 0.449. The van der Waals surface area contributed by atoms with E-state index < -0.39 is 12.5 Å². The van der Waals surface area contributed by atoms with Crippen LogP contribution in [0.1, 0.15) is 0 Å². The number of tetrazole rings is 1. The predicted octanol–water partition coefficient (Wildman–Crippen LogP) is 1.13. The molecular formula is C12H13F2N5O. The second-order valence-electron chi connectivity index (χ2n) is 4.42. The number of ether oxygens (including phenoxy) is 1. The van der Waals surface area contributed by atoms with Crippen molar-refractivity contribution >= 4 is 5.95 Å². The lowest BCUT2D eigenvalue weighted by Crippen LogP contribution is -2.46. The minimum absolute atomic E-state index is 0.0743. The van der Waals surface area contributed by atoms with Crippen LogP contribution in [-0.2, 0) is 4.74 Å². The maximum absolute atomic E-state index is 12.7. The molecule has 1 aliphatic rings. The molecular weight excluding hydrogens is 268 g/mol. The summed E-state index contributed by atoms with van der Waals surface area (Å²) >= 11 is 0. The van der Waals surface area contributed by atoms with Gasteiger partial charge in [0.15, 0.2) is 0 Å². The zero-order valence-corrected chi connectivity index (χ0v) is 10.6. The fourth-order valence-corrected chi connectivity index (χ4v) is 2.13. The summed E-state index contributed by atoms with van der Waals surface area (Å²) in [6.07, 6.45) is -3.62. The largest absolute Gasteiger partial charge is 0.369 e. The van der Waals surface area contributed by atoms with E-state index in [1.807, 2.05) is 30.3 Å². The Morgan fingerprint density at radius 2 is 2.05 bits per heavy atom. The number of para-hydroxylation sites is 1. The van der Waals surface area contributed by atoms with Crippen molar-refractivity contribution in [3.8, 4) is 5.69 Å². The van der Waals surface area contributed by atoms with E-state index in [0.29, 0.717) is 12.5 Å². The summed E-state index contributed by atoms with van der Waals surface area (Å²) in [5.41, 5.74) is 0.785. The minimum Gasteiger partial charge on any atom is -0.369 e. The van der Waals surface area contributed by atoms with Crippen molar-refractivity contribution in [1.82, 2.24) is 20.2 Å². The van der Waals surface area contributed by atoms with E-state index in [1.54, 1.807) is 4.90 Å². The Kier molecular flexibility index (Phi) is 3.55. The topological polar surface area (TPSA) is 56.1 Å². The van der Waals surface area contributed by atoms with Gasteiger partial charge in [-0.25, -0.2) is 8.78 Å². The number of hydrogen-bond acceptors (Lipinski definition) is 5. The van der Waals surface area contributed by atoms with Gasteiger partial charge in [-0.1, -0.05) is 23.3 Å². The fraction of sp³-hybridized carbons (Fsp3) is 0.417. The molecule has 0 radical (unpaired) electrons. The van der Waals surface area contributed by atoms with E-state index in [9.17, 15) is 8.78 Å². The maximum atomic E-state index is 12.7. The summed E-state index contributed by atoms with van der Waals surface area (Å²) < 4.78 is 32.1.